The molecule has 0 fully saturated rings. The van der Waals surface area contributed by atoms with E-state index in [1.165, 1.54) is 5.56 Å². The first-order valence-electron chi connectivity index (χ1n) is 10.3. The van der Waals surface area contributed by atoms with Crippen molar-refractivity contribution in [3.8, 4) is 5.75 Å². The maximum Gasteiger partial charge on any atom is 0.357 e. The molecule has 0 unspecified atom stereocenters. The van der Waals surface area contributed by atoms with Gasteiger partial charge >= 0.3 is 5.97 Å². The second-order valence-electron chi connectivity index (χ2n) is 7.87. The number of carbonyl (C=O) groups excluding carboxylic acids is 1. The van der Waals surface area contributed by atoms with Crippen LogP contribution < -0.4 is 4.74 Å². The van der Waals surface area contributed by atoms with Gasteiger partial charge in [-0.3, -0.25) is 0 Å². The lowest BCUT2D eigenvalue weighted by Gasteiger charge is -2.12. The van der Waals surface area contributed by atoms with Gasteiger partial charge in [-0.1, -0.05) is 29.8 Å². The van der Waals surface area contributed by atoms with E-state index in [1.54, 1.807) is 13.3 Å². The molecule has 160 valence electrons. The molecule has 4 rings (SSSR count). The van der Waals surface area contributed by atoms with Gasteiger partial charge in [-0.25, -0.2) is 9.78 Å². The number of aryl methyl sites for hydroxylation is 1. The topological polar surface area (TPSA) is 73.4 Å². The lowest BCUT2D eigenvalue weighted by molar-refractivity contribution is 0.0366. The number of benzene rings is 2. The summed E-state index contributed by atoms with van der Waals surface area (Å²) >= 11 is 0. The van der Waals surface area contributed by atoms with Gasteiger partial charge < -0.3 is 19.2 Å². The maximum atomic E-state index is 12.6. The van der Waals surface area contributed by atoms with E-state index in [2.05, 4.69) is 41.2 Å². The molecule has 0 amide bonds. The molecule has 0 aliphatic carbocycles. The standard InChI is InChI=1S/C25H26N2O4/c1-15(2)31-25(28)24-20(14-29-4)23-19-11-18(9-10-21(19)27-22(23)12-26-24)30-13-17-7-5-16(3)6-8-17/h5-12,15,27H,13-14H2,1-4H3. The number of nitrogens with one attached hydrogen (secondary N) is 1. The lowest BCUT2D eigenvalue weighted by atomic mass is 10.1. The smallest absolute Gasteiger partial charge is 0.357 e. The van der Waals surface area contributed by atoms with Gasteiger partial charge in [-0.05, 0) is 44.5 Å². The van der Waals surface area contributed by atoms with E-state index in [-0.39, 0.29) is 18.4 Å². The van der Waals surface area contributed by atoms with Gasteiger partial charge in [0.1, 0.15) is 12.4 Å². The Morgan fingerprint density at radius 1 is 1.06 bits per heavy atom. The molecule has 0 spiro atoms. The van der Waals surface area contributed by atoms with Gasteiger partial charge in [-0.15, -0.1) is 0 Å². The number of nitrogens with zero attached hydrogens (tertiary/aromatic N) is 1. The summed E-state index contributed by atoms with van der Waals surface area (Å²) in [5, 5.41) is 1.84. The van der Waals surface area contributed by atoms with Gasteiger partial charge in [0.15, 0.2) is 5.69 Å². The van der Waals surface area contributed by atoms with Crippen LogP contribution in [0.3, 0.4) is 0 Å². The van der Waals surface area contributed by atoms with E-state index in [0.29, 0.717) is 12.2 Å². The Morgan fingerprint density at radius 3 is 2.55 bits per heavy atom. The van der Waals surface area contributed by atoms with Crippen molar-refractivity contribution in [2.75, 3.05) is 7.11 Å². The quantitative estimate of drug-likeness (QED) is 0.412. The molecule has 1 N–H and O–H groups in total. The van der Waals surface area contributed by atoms with E-state index in [1.807, 2.05) is 32.0 Å². The summed E-state index contributed by atoms with van der Waals surface area (Å²) in [6, 6.07) is 14.2. The number of methoxy groups -OCH3 is 1. The van der Waals surface area contributed by atoms with Crippen LogP contribution in [0.5, 0.6) is 5.75 Å². The summed E-state index contributed by atoms with van der Waals surface area (Å²) in [5.74, 6) is 0.297. The molecular weight excluding hydrogens is 392 g/mol. The lowest BCUT2D eigenvalue weighted by Crippen LogP contribution is -2.15. The zero-order chi connectivity index (χ0) is 22.0. The average Bonchev–Trinajstić information content (AvgIpc) is 3.11. The molecular formula is C25H26N2O4. The molecule has 6 heteroatoms. The van der Waals surface area contributed by atoms with Crippen molar-refractivity contribution in [3.63, 3.8) is 0 Å². The number of H-pyrrole nitrogens is 1. The maximum absolute atomic E-state index is 12.6. The predicted molar refractivity (Wildman–Crippen MR) is 120 cm³/mol. The monoisotopic (exact) mass is 418 g/mol. The zero-order valence-corrected chi connectivity index (χ0v) is 18.2. The highest BCUT2D eigenvalue weighted by atomic mass is 16.5. The van der Waals surface area contributed by atoms with Crippen molar-refractivity contribution in [1.29, 1.82) is 0 Å². The molecule has 0 bridgehead atoms. The van der Waals surface area contributed by atoms with Gasteiger partial charge in [0, 0.05) is 29.0 Å². The number of rotatable bonds is 7. The predicted octanol–water partition coefficient (Wildman–Crippen LogP) is 5.32. The van der Waals surface area contributed by atoms with Crippen molar-refractivity contribution >= 4 is 27.8 Å². The number of fused-ring (bicyclic) bond motifs is 3. The van der Waals surface area contributed by atoms with E-state index in [9.17, 15) is 4.79 Å². The highest BCUT2D eigenvalue weighted by Crippen LogP contribution is 2.33. The van der Waals surface area contributed by atoms with Crippen LogP contribution in [0.15, 0.2) is 48.7 Å². The number of carbonyl (C=O) groups is 1. The van der Waals surface area contributed by atoms with Gasteiger partial charge in [0.2, 0.25) is 0 Å². The van der Waals surface area contributed by atoms with Crippen LogP contribution in [0, 0.1) is 6.92 Å². The fourth-order valence-electron chi connectivity index (χ4n) is 3.61. The number of ether oxygens (including phenoxy) is 3. The third kappa shape index (κ3) is 4.39. The fraction of sp³-hybridized carbons (Fsp3) is 0.280. The molecule has 6 nitrogen and oxygen atoms in total. The third-order valence-electron chi connectivity index (χ3n) is 5.06. The Labute approximate surface area is 181 Å². The average molecular weight is 418 g/mol. The molecule has 2 aromatic carbocycles. The Balaban J connectivity index is 1.75. The van der Waals surface area contributed by atoms with Crippen LogP contribution in [0.4, 0.5) is 0 Å². The number of hydrogen-bond acceptors (Lipinski definition) is 5. The van der Waals surface area contributed by atoms with Crippen molar-refractivity contribution in [3.05, 3.63) is 71.0 Å². The van der Waals surface area contributed by atoms with Crippen LogP contribution in [0.25, 0.3) is 21.8 Å². The number of aromatic amines is 1. The second kappa shape index (κ2) is 8.78. The van der Waals surface area contributed by atoms with Crippen LogP contribution in [-0.4, -0.2) is 29.2 Å². The number of hydrogen-bond donors (Lipinski definition) is 1. The Morgan fingerprint density at radius 2 is 1.84 bits per heavy atom. The van der Waals surface area contributed by atoms with Crippen LogP contribution in [0.1, 0.15) is 41.0 Å². The van der Waals surface area contributed by atoms with E-state index in [0.717, 1.165) is 33.1 Å². The van der Waals surface area contributed by atoms with Crippen molar-refractivity contribution < 1.29 is 19.0 Å². The number of esters is 1. The molecule has 0 saturated carbocycles. The zero-order valence-electron chi connectivity index (χ0n) is 18.2. The summed E-state index contributed by atoms with van der Waals surface area (Å²) in [6.45, 7) is 6.42. The first-order valence-corrected chi connectivity index (χ1v) is 10.3. The van der Waals surface area contributed by atoms with E-state index >= 15 is 0 Å². The Bertz CT molecular complexity index is 1230. The fourth-order valence-corrected chi connectivity index (χ4v) is 3.61. The summed E-state index contributed by atoms with van der Waals surface area (Å²) in [5.41, 5.74) is 5.07. The summed E-state index contributed by atoms with van der Waals surface area (Å²) in [7, 11) is 1.60. The van der Waals surface area contributed by atoms with E-state index in [4.69, 9.17) is 14.2 Å². The molecule has 4 aromatic rings. The molecule has 0 saturated heterocycles. The Hall–Kier alpha value is -3.38. The highest BCUT2D eigenvalue weighted by Gasteiger charge is 2.21. The minimum Gasteiger partial charge on any atom is -0.489 e. The van der Waals surface area contributed by atoms with Gasteiger partial charge in [0.05, 0.1) is 24.4 Å². The molecule has 2 aromatic heterocycles. The van der Waals surface area contributed by atoms with E-state index < -0.39 is 5.97 Å². The summed E-state index contributed by atoms with van der Waals surface area (Å²) in [6.07, 6.45) is 1.43. The van der Waals surface area contributed by atoms with Crippen LogP contribution in [0.2, 0.25) is 0 Å². The minimum absolute atomic E-state index is 0.231. The van der Waals surface area contributed by atoms with Crippen LogP contribution >= 0.6 is 0 Å². The second-order valence-corrected chi connectivity index (χ2v) is 7.87. The molecule has 0 aliphatic heterocycles. The van der Waals surface area contributed by atoms with Gasteiger partial charge in [0.25, 0.3) is 0 Å². The van der Waals surface area contributed by atoms with Crippen LogP contribution in [-0.2, 0) is 22.7 Å². The molecule has 0 atom stereocenters. The molecule has 2 heterocycles. The molecule has 31 heavy (non-hydrogen) atoms. The van der Waals surface area contributed by atoms with Gasteiger partial charge in [-0.2, -0.15) is 0 Å². The Kier molecular flexibility index (Phi) is 5.91. The number of aromatic nitrogens is 2. The summed E-state index contributed by atoms with van der Waals surface area (Å²) in [4.78, 5) is 20.4. The van der Waals surface area contributed by atoms with Crippen molar-refractivity contribution in [1.82, 2.24) is 9.97 Å². The normalized spacial score (nSPS) is 11.4. The third-order valence-corrected chi connectivity index (χ3v) is 5.06. The largest absolute Gasteiger partial charge is 0.489 e. The first kappa shape index (κ1) is 20.9. The van der Waals surface area contributed by atoms with Crippen molar-refractivity contribution in [2.45, 2.75) is 40.1 Å². The minimum atomic E-state index is -0.454. The SMILES string of the molecule is COCc1c(C(=O)OC(C)C)ncc2[nH]c3ccc(OCc4ccc(C)cc4)cc3c12. The molecule has 0 aliphatic rings. The first-order chi connectivity index (χ1) is 15.0. The summed E-state index contributed by atoms with van der Waals surface area (Å²) < 4.78 is 16.8. The van der Waals surface area contributed by atoms with Crippen molar-refractivity contribution in [2.24, 2.45) is 0 Å². The highest BCUT2D eigenvalue weighted by molar-refractivity contribution is 6.11. The molecule has 0 radical (unpaired) electrons. The number of pyridine rings is 1.